The second kappa shape index (κ2) is 8.28. The summed E-state index contributed by atoms with van der Waals surface area (Å²) in [6, 6.07) is 16.9. The molecular weight excluding hydrogens is 444 g/mol. The van der Waals surface area contributed by atoms with Gasteiger partial charge in [-0.05, 0) is 84.3 Å². The highest BCUT2D eigenvalue weighted by atomic mass is 79.9. The van der Waals surface area contributed by atoms with Crippen LogP contribution in [0.1, 0.15) is 48.1 Å². The smallest absolute Gasteiger partial charge is 0.170 e. The standard InChI is InChI=1S/C23H25BrN4S/c1-4-13-27-22(21(26-23(27)29)19-10-7-8-12-25-19)17-14-15(2)28(16(17)3)20-11-6-5-9-18(20)24/h5-12,14,21-22H,4,13H2,1-3H3,(H,26,29)/t21-,22-/m0/s1. The van der Waals surface area contributed by atoms with Gasteiger partial charge in [0.15, 0.2) is 5.11 Å². The van der Waals surface area contributed by atoms with Crippen LogP contribution in [-0.2, 0) is 0 Å². The maximum Gasteiger partial charge on any atom is 0.170 e. The van der Waals surface area contributed by atoms with Gasteiger partial charge in [0.05, 0.1) is 23.5 Å². The molecule has 2 atom stereocenters. The molecule has 1 aromatic carbocycles. The lowest BCUT2D eigenvalue weighted by molar-refractivity contribution is 0.316. The Labute approximate surface area is 186 Å². The van der Waals surface area contributed by atoms with E-state index in [0.29, 0.717) is 0 Å². The highest BCUT2D eigenvalue weighted by molar-refractivity contribution is 9.10. The molecule has 0 unspecified atom stereocenters. The molecule has 1 fully saturated rings. The monoisotopic (exact) mass is 468 g/mol. The molecule has 1 aliphatic rings. The van der Waals surface area contributed by atoms with Crippen molar-refractivity contribution in [1.29, 1.82) is 0 Å². The minimum atomic E-state index is 0.0309. The van der Waals surface area contributed by atoms with E-state index in [-0.39, 0.29) is 12.1 Å². The van der Waals surface area contributed by atoms with Crippen LogP contribution in [0.5, 0.6) is 0 Å². The third-order valence-corrected chi connectivity index (χ3v) is 6.57. The van der Waals surface area contributed by atoms with Crippen molar-refractivity contribution in [2.75, 3.05) is 6.54 Å². The van der Waals surface area contributed by atoms with Crippen molar-refractivity contribution in [3.63, 3.8) is 0 Å². The number of hydrogen-bond acceptors (Lipinski definition) is 2. The number of para-hydroxylation sites is 1. The normalized spacial score (nSPS) is 18.9. The molecule has 0 aliphatic carbocycles. The Morgan fingerprint density at radius 3 is 2.59 bits per heavy atom. The molecule has 4 nitrogen and oxygen atoms in total. The summed E-state index contributed by atoms with van der Waals surface area (Å²) in [7, 11) is 0. The molecule has 0 saturated carbocycles. The first-order valence-electron chi connectivity index (χ1n) is 9.94. The maximum atomic E-state index is 5.73. The summed E-state index contributed by atoms with van der Waals surface area (Å²) in [4.78, 5) is 6.95. The summed E-state index contributed by atoms with van der Waals surface area (Å²) in [6.07, 6.45) is 2.89. The van der Waals surface area contributed by atoms with E-state index in [1.807, 2.05) is 24.4 Å². The molecular formula is C23H25BrN4S. The number of hydrogen-bond donors (Lipinski definition) is 1. The van der Waals surface area contributed by atoms with Crippen LogP contribution in [-0.4, -0.2) is 26.1 Å². The van der Waals surface area contributed by atoms with Gasteiger partial charge >= 0.3 is 0 Å². The number of pyridine rings is 1. The lowest BCUT2D eigenvalue weighted by Gasteiger charge is -2.27. The van der Waals surface area contributed by atoms with Crippen LogP contribution >= 0.6 is 28.1 Å². The highest BCUT2D eigenvalue weighted by Crippen LogP contribution is 2.41. The summed E-state index contributed by atoms with van der Waals surface area (Å²) in [5.74, 6) is 0. The predicted molar refractivity (Wildman–Crippen MR) is 125 cm³/mol. The number of benzene rings is 1. The van der Waals surface area contributed by atoms with E-state index in [1.165, 1.54) is 17.0 Å². The number of rotatable bonds is 5. The molecule has 0 radical (unpaired) electrons. The van der Waals surface area contributed by atoms with E-state index in [1.54, 1.807) is 0 Å². The van der Waals surface area contributed by atoms with E-state index in [2.05, 4.69) is 86.8 Å². The molecule has 3 heterocycles. The fourth-order valence-corrected chi connectivity index (χ4v) is 5.11. The summed E-state index contributed by atoms with van der Waals surface area (Å²) in [5.41, 5.74) is 5.89. The van der Waals surface area contributed by atoms with Crippen molar-refractivity contribution in [2.45, 2.75) is 39.3 Å². The summed E-state index contributed by atoms with van der Waals surface area (Å²) in [5, 5.41) is 4.34. The Kier molecular flexibility index (Phi) is 5.74. The fraction of sp³-hybridized carbons (Fsp3) is 0.304. The van der Waals surface area contributed by atoms with Crippen LogP contribution in [0.2, 0.25) is 0 Å². The van der Waals surface area contributed by atoms with Gasteiger partial charge < -0.3 is 14.8 Å². The molecule has 2 aromatic heterocycles. The molecule has 4 rings (SSSR count). The molecule has 0 amide bonds. The van der Waals surface area contributed by atoms with Crippen LogP contribution in [0.4, 0.5) is 0 Å². The third kappa shape index (κ3) is 3.60. The highest BCUT2D eigenvalue weighted by Gasteiger charge is 2.40. The zero-order chi connectivity index (χ0) is 20.5. The fourth-order valence-electron chi connectivity index (χ4n) is 4.32. The zero-order valence-corrected chi connectivity index (χ0v) is 19.3. The lowest BCUT2D eigenvalue weighted by Crippen LogP contribution is -2.30. The second-order valence-electron chi connectivity index (χ2n) is 7.43. The van der Waals surface area contributed by atoms with Crippen LogP contribution < -0.4 is 5.32 Å². The lowest BCUT2D eigenvalue weighted by atomic mass is 9.96. The Hall–Kier alpha value is -2.18. The van der Waals surface area contributed by atoms with E-state index < -0.39 is 0 Å². The molecule has 1 aliphatic heterocycles. The molecule has 1 N–H and O–H groups in total. The number of thiocarbonyl (C=S) groups is 1. The van der Waals surface area contributed by atoms with E-state index in [0.717, 1.165) is 33.9 Å². The molecule has 3 aromatic rings. The molecule has 6 heteroatoms. The largest absolute Gasteiger partial charge is 0.352 e. The second-order valence-corrected chi connectivity index (χ2v) is 8.67. The average Bonchev–Trinajstić information content (AvgIpc) is 3.19. The van der Waals surface area contributed by atoms with Crippen molar-refractivity contribution >= 4 is 33.3 Å². The van der Waals surface area contributed by atoms with Gasteiger partial charge in [-0.25, -0.2) is 0 Å². The Morgan fingerprint density at radius 2 is 1.90 bits per heavy atom. The molecule has 0 bridgehead atoms. The van der Waals surface area contributed by atoms with Crippen molar-refractivity contribution in [2.24, 2.45) is 0 Å². The van der Waals surface area contributed by atoms with E-state index in [4.69, 9.17) is 12.2 Å². The first-order valence-corrected chi connectivity index (χ1v) is 11.1. The van der Waals surface area contributed by atoms with Gasteiger partial charge in [-0.15, -0.1) is 0 Å². The average molecular weight is 469 g/mol. The number of halogens is 1. The van der Waals surface area contributed by atoms with Gasteiger partial charge in [-0.2, -0.15) is 0 Å². The Balaban J connectivity index is 1.85. The van der Waals surface area contributed by atoms with Crippen molar-refractivity contribution < 1.29 is 0 Å². The number of aromatic nitrogens is 2. The van der Waals surface area contributed by atoms with Gasteiger partial charge in [0.2, 0.25) is 0 Å². The van der Waals surface area contributed by atoms with Crippen LogP contribution in [0, 0.1) is 13.8 Å². The van der Waals surface area contributed by atoms with Gasteiger partial charge in [-0.1, -0.05) is 25.1 Å². The quantitative estimate of drug-likeness (QED) is 0.491. The minimum absolute atomic E-state index is 0.0309. The first-order chi connectivity index (χ1) is 14.0. The summed E-state index contributed by atoms with van der Waals surface area (Å²) >= 11 is 9.44. The topological polar surface area (TPSA) is 33.1 Å². The SMILES string of the molecule is CCCN1C(=S)N[C@@H](c2ccccn2)[C@@H]1c1cc(C)n(-c2ccccc2Br)c1C. The van der Waals surface area contributed by atoms with Gasteiger partial charge in [0.25, 0.3) is 0 Å². The molecule has 1 saturated heterocycles. The molecule has 0 spiro atoms. The van der Waals surface area contributed by atoms with Crippen molar-refractivity contribution in [1.82, 2.24) is 19.8 Å². The zero-order valence-electron chi connectivity index (χ0n) is 16.9. The van der Waals surface area contributed by atoms with Crippen LogP contribution in [0.3, 0.4) is 0 Å². The summed E-state index contributed by atoms with van der Waals surface area (Å²) < 4.78 is 3.40. The van der Waals surface area contributed by atoms with E-state index in [9.17, 15) is 0 Å². The molecule has 150 valence electrons. The van der Waals surface area contributed by atoms with Crippen molar-refractivity contribution in [3.05, 3.63) is 81.8 Å². The third-order valence-electron chi connectivity index (χ3n) is 5.54. The van der Waals surface area contributed by atoms with Crippen LogP contribution in [0.25, 0.3) is 5.69 Å². The summed E-state index contributed by atoms with van der Waals surface area (Å²) in [6.45, 7) is 7.47. The maximum absolute atomic E-state index is 5.73. The van der Waals surface area contributed by atoms with Crippen molar-refractivity contribution in [3.8, 4) is 5.69 Å². The first kappa shape index (κ1) is 20.1. The van der Waals surface area contributed by atoms with Gasteiger partial charge in [-0.3, -0.25) is 4.98 Å². The Morgan fingerprint density at radius 1 is 1.14 bits per heavy atom. The Bertz CT molecular complexity index is 1030. The minimum Gasteiger partial charge on any atom is -0.352 e. The predicted octanol–water partition coefficient (Wildman–Crippen LogP) is 5.63. The van der Waals surface area contributed by atoms with Gasteiger partial charge in [0.1, 0.15) is 0 Å². The van der Waals surface area contributed by atoms with E-state index >= 15 is 0 Å². The molecule has 29 heavy (non-hydrogen) atoms. The number of nitrogens with one attached hydrogen (secondary N) is 1. The van der Waals surface area contributed by atoms with Crippen LogP contribution in [0.15, 0.2) is 59.2 Å². The number of aryl methyl sites for hydroxylation is 1. The number of nitrogens with zero attached hydrogens (tertiary/aromatic N) is 3. The van der Waals surface area contributed by atoms with Gasteiger partial charge in [0, 0.05) is 28.6 Å².